The Morgan fingerprint density at radius 3 is 2.00 bits per heavy atom. The minimum absolute atomic E-state index is 0.0294. The predicted molar refractivity (Wildman–Crippen MR) is 104 cm³/mol. The SMILES string of the molecule is N#C[C@H](c1ccccc1)[C@H](CC(=O)c1ccccc1)c1ccc(Cl)cc1. The van der Waals surface area contributed by atoms with Crippen LogP contribution in [0.15, 0.2) is 84.9 Å². The molecule has 2 atom stereocenters. The lowest BCUT2D eigenvalue weighted by molar-refractivity contribution is 0.0972. The number of carbonyl (C=O) groups excluding carboxylic acids is 1. The zero-order valence-electron chi connectivity index (χ0n) is 14.2. The van der Waals surface area contributed by atoms with E-state index in [9.17, 15) is 10.1 Å². The van der Waals surface area contributed by atoms with Gasteiger partial charge in [-0.15, -0.1) is 0 Å². The Morgan fingerprint density at radius 1 is 0.846 bits per heavy atom. The molecule has 0 unspecified atom stereocenters. The van der Waals surface area contributed by atoms with Crippen LogP contribution in [-0.4, -0.2) is 5.78 Å². The van der Waals surface area contributed by atoms with Crippen LogP contribution < -0.4 is 0 Å². The summed E-state index contributed by atoms with van der Waals surface area (Å²) >= 11 is 6.02. The highest BCUT2D eigenvalue weighted by Crippen LogP contribution is 2.36. The Hall–Kier alpha value is -2.89. The van der Waals surface area contributed by atoms with Gasteiger partial charge >= 0.3 is 0 Å². The summed E-state index contributed by atoms with van der Waals surface area (Å²) in [4.78, 5) is 12.8. The maximum absolute atomic E-state index is 12.8. The molecular formula is C23H18ClNO. The van der Waals surface area contributed by atoms with Crippen molar-refractivity contribution in [2.45, 2.75) is 18.3 Å². The van der Waals surface area contributed by atoms with Crippen molar-refractivity contribution in [2.24, 2.45) is 0 Å². The third kappa shape index (κ3) is 4.20. The summed E-state index contributed by atoms with van der Waals surface area (Å²) in [6.07, 6.45) is 0.263. The second kappa shape index (κ2) is 8.47. The molecule has 0 aliphatic carbocycles. The van der Waals surface area contributed by atoms with Gasteiger partial charge in [0.1, 0.15) is 0 Å². The Labute approximate surface area is 158 Å². The van der Waals surface area contributed by atoms with Crippen LogP contribution in [-0.2, 0) is 0 Å². The first kappa shape index (κ1) is 17.9. The summed E-state index contributed by atoms with van der Waals surface area (Å²) in [6, 6.07) is 28.6. The van der Waals surface area contributed by atoms with Crippen molar-refractivity contribution in [3.8, 4) is 6.07 Å². The zero-order chi connectivity index (χ0) is 18.4. The van der Waals surface area contributed by atoms with Crippen molar-refractivity contribution in [2.75, 3.05) is 0 Å². The Balaban J connectivity index is 1.97. The number of nitrogens with zero attached hydrogens (tertiary/aromatic N) is 1. The van der Waals surface area contributed by atoms with E-state index in [1.807, 2.05) is 72.8 Å². The van der Waals surface area contributed by atoms with E-state index in [0.29, 0.717) is 10.6 Å². The van der Waals surface area contributed by atoms with E-state index in [1.54, 1.807) is 12.1 Å². The standard InChI is InChI=1S/C23H18ClNO/c24-20-13-11-18(12-14-20)21(15-23(26)19-9-5-2-6-10-19)22(16-25)17-7-3-1-4-8-17/h1-14,21-22H,15H2/t21-,22-/m1/s1. The van der Waals surface area contributed by atoms with Crippen LogP contribution >= 0.6 is 11.6 Å². The average Bonchev–Trinajstić information content (AvgIpc) is 2.70. The second-order valence-corrected chi connectivity index (χ2v) is 6.61. The lowest BCUT2D eigenvalue weighted by Crippen LogP contribution is -2.15. The van der Waals surface area contributed by atoms with E-state index in [4.69, 9.17) is 11.6 Å². The maximum atomic E-state index is 12.8. The summed E-state index contributed by atoms with van der Waals surface area (Å²) in [5.74, 6) is -0.626. The number of nitriles is 1. The van der Waals surface area contributed by atoms with E-state index in [2.05, 4.69) is 6.07 Å². The van der Waals surface area contributed by atoms with Gasteiger partial charge in [-0.25, -0.2) is 0 Å². The molecule has 3 aromatic rings. The summed E-state index contributed by atoms with van der Waals surface area (Å²) in [6.45, 7) is 0. The molecule has 3 aromatic carbocycles. The number of benzene rings is 3. The van der Waals surface area contributed by atoms with E-state index < -0.39 is 5.92 Å². The van der Waals surface area contributed by atoms with Crippen molar-refractivity contribution < 1.29 is 4.79 Å². The van der Waals surface area contributed by atoms with Gasteiger partial charge in [-0.1, -0.05) is 84.4 Å². The number of hydrogen-bond donors (Lipinski definition) is 0. The summed E-state index contributed by atoms with van der Waals surface area (Å²) in [7, 11) is 0. The highest BCUT2D eigenvalue weighted by molar-refractivity contribution is 6.30. The van der Waals surface area contributed by atoms with Crippen LogP contribution in [0.5, 0.6) is 0 Å². The first-order valence-corrected chi connectivity index (χ1v) is 8.85. The fourth-order valence-corrected chi connectivity index (χ4v) is 3.26. The highest BCUT2D eigenvalue weighted by atomic mass is 35.5. The molecule has 0 saturated carbocycles. The number of hydrogen-bond acceptors (Lipinski definition) is 2. The van der Waals surface area contributed by atoms with E-state index in [0.717, 1.165) is 11.1 Å². The summed E-state index contributed by atoms with van der Waals surface area (Å²) < 4.78 is 0. The molecule has 0 N–H and O–H groups in total. The molecule has 2 nitrogen and oxygen atoms in total. The topological polar surface area (TPSA) is 40.9 Å². The third-order valence-electron chi connectivity index (χ3n) is 4.50. The van der Waals surface area contributed by atoms with Crippen LogP contribution in [0.4, 0.5) is 0 Å². The summed E-state index contributed by atoms with van der Waals surface area (Å²) in [5.41, 5.74) is 2.51. The summed E-state index contributed by atoms with van der Waals surface area (Å²) in [5, 5.41) is 10.5. The Morgan fingerprint density at radius 2 is 1.42 bits per heavy atom. The van der Waals surface area contributed by atoms with Crippen LogP contribution in [0, 0.1) is 11.3 Å². The lowest BCUT2D eigenvalue weighted by Gasteiger charge is -2.22. The molecule has 0 aliphatic rings. The van der Waals surface area contributed by atoms with Crippen LogP contribution in [0.2, 0.25) is 5.02 Å². The van der Waals surface area contributed by atoms with Gasteiger partial charge in [0.15, 0.2) is 5.78 Å². The molecule has 0 saturated heterocycles. The molecule has 0 aliphatic heterocycles. The molecule has 128 valence electrons. The van der Waals surface area contributed by atoms with Crippen molar-refractivity contribution in [3.05, 3.63) is 107 Å². The van der Waals surface area contributed by atoms with E-state index in [-0.39, 0.29) is 18.1 Å². The highest BCUT2D eigenvalue weighted by Gasteiger charge is 2.27. The lowest BCUT2D eigenvalue weighted by atomic mass is 9.78. The van der Waals surface area contributed by atoms with Crippen molar-refractivity contribution in [1.29, 1.82) is 5.26 Å². The maximum Gasteiger partial charge on any atom is 0.163 e. The average molecular weight is 360 g/mol. The van der Waals surface area contributed by atoms with E-state index >= 15 is 0 Å². The molecule has 0 bridgehead atoms. The van der Waals surface area contributed by atoms with Gasteiger partial charge in [-0.2, -0.15) is 5.26 Å². The van der Waals surface area contributed by atoms with Crippen LogP contribution in [0.3, 0.4) is 0 Å². The van der Waals surface area contributed by atoms with Gasteiger partial charge in [0.2, 0.25) is 0 Å². The molecular weight excluding hydrogens is 342 g/mol. The fraction of sp³-hybridized carbons (Fsp3) is 0.130. The number of halogens is 1. The van der Waals surface area contributed by atoms with Gasteiger partial charge in [-0.05, 0) is 23.3 Å². The molecule has 0 amide bonds. The van der Waals surface area contributed by atoms with Crippen molar-refractivity contribution in [1.82, 2.24) is 0 Å². The van der Waals surface area contributed by atoms with Gasteiger partial charge in [-0.3, -0.25) is 4.79 Å². The number of ketones is 1. The first-order chi connectivity index (χ1) is 12.7. The fourth-order valence-electron chi connectivity index (χ4n) is 3.14. The first-order valence-electron chi connectivity index (χ1n) is 8.47. The molecule has 3 rings (SSSR count). The van der Waals surface area contributed by atoms with Gasteiger partial charge in [0.05, 0.1) is 12.0 Å². The molecule has 0 aromatic heterocycles. The second-order valence-electron chi connectivity index (χ2n) is 6.17. The van der Waals surface area contributed by atoms with Crippen LogP contribution in [0.1, 0.15) is 39.7 Å². The van der Waals surface area contributed by atoms with Crippen molar-refractivity contribution >= 4 is 17.4 Å². The molecule has 0 radical (unpaired) electrons. The number of Topliss-reactive ketones (excluding diaryl/α,β-unsaturated/α-hetero) is 1. The zero-order valence-corrected chi connectivity index (χ0v) is 14.9. The Kier molecular flexibility index (Phi) is 5.84. The Bertz CT molecular complexity index is 898. The predicted octanol–water partition coefficient (Wildman–Crippen LogP) is 6.00. The molecule has 0 spiro atoms. The van der Waals surface area contributed by atoms with Gasteiger partial charge < -0.3 is 0 Å². The van der Waals surface area contributed by atoms with Gasteiger partial charge in [0.25, 0.3) is 0 Å². The quantitative estimate of drug-likeness (QED) is 0.506. The molecule has 0 heterocycles. The molecule has 3 heteroatoms. The monoisotopic (exact) mass is 359 g/mol. The largest absolute Gasteiger partial charge is 0.294 e. The smallest absolute Gasteiger partial charge is 0.163 e. The minimum Gasteiger partial charge on any atom is -0.294 e. The molecule has 26 heavy (non-hydrogen) atoms. The number of rotatable bonds is 6. The van der Waals surface area contributed by atoms with Crippen molar-refractivity contribution in [3.63, 3.8) is 0 Å². The van der Waals surface area contributed by atoms with Gasteiger partial charge in [0, 0.05) is 22.9 Å². The third-order valence-corrected chi connectivity index (χ3v) is 4.75. The minimum atomic E-state index is -0.412. The molecule has 0 fully saturated rings. The normalized spacial score (nSPS) is 12.8. The van der Waals surface area contributed by atoms with E-state index in [1.165, 1.54) is 0 Å². The number of carbonyl (C=O) groups is 1. The van der Waals surface area contributed by atoms with Crippen LogP contribution in [0.25, 0.3) is 0 Å².